The number of rotatable bonds is 4. The highest BCUT2D eigenvalue weighted by Crippen LogP contribution is 2.28. The highest BCUT2D eigenvalue weighted by Gasteiger charge is 2.40. The summed E-state index contributed by atoms with van der Waals surface area (Å²) >= 11 is 0. The van der Waals surface area contributed by atoms with E-state index < -0.39 is 22.2 Å². The highest BCUT2D eigenvalue weighted by atomic mass is 32.2. The maximum atomic E-state index is 12.8. The lowest BCUT2D eigenvalue weighted by Gasteiger charge is -2.25. The molecule has 118 valence electrons. The van der Waals surface area contributed by atoms with Gasteiger partial charge >= 0.3 is 0 Å². The molecule has 1 N–H and O–H groups in total. The average Bonchev–Trinajstić information content (AvgIpc) is 3.08. The predicted molar refractivity (Wildman–Crippen MR) is 81.7 cm³/mol. The first-order valence-corrected chi connectivity index (χ1v) is 8.65. The first kappa shape index (κ1) is 15.2. The molecule has 1 aliphatic heterocycles. The minimum Gasteiger partial charge on any atom is -0.391 e. The van der Waals surface area contributed by atoms with Gasteiger partial charge < -0.3 is 5.11 Å². The molecule has 1 aliphatic rings. The Morgan fingerprint density at radius 3 is 2.68 bits per heavy atom. The van der Waals surface area contributed by atoms with Crippen LogP contribution in [0.15, 0.2) is 47.6 Å². The second-order valence-electron chi connectivity index (χ2n) is 5.58. The van der Waals surface area contributed by atoms with Gasteiger partial charge in [0.15, 0.2) is 0 Å². The Morgan fingerprint density at radius 1 is 1.32 bits per heavy atom. The number of sulfonamides is 1. The molecule has 6 nitrogen and oxygen atoms in total. The second kappa shape index (κ2) is 5.83. The van der Waals surface area contributed by atoms with Gasteiger partial charge in [-0.3, -0.25) is 4.68 Å². The molecule has 0 spiro atoms. The molecule has 0 unspecified atom stereocenters. The van der Waals surface area contributed by atoms with Gasteiger partial charge in [-0.2, -0.15) is 9.40 Å². The van der Waals surface area contributed by atoms with Gasteiger partial charge in [-0.15, -0.1) is 0 Å². The van der Waals surface area contributed by atoms with Gasteiger partial charge in [-0.1, -0.05) is 18.2 Å². The number of benzene rings is 1. The number of hydrogen-bond acceptors (Lipinski definition) is 4. The molecular weight excluding hydrogens is 302 g/mol. The molecule has 7 heteroatoms. The van der Waals surface area contributed by atoms with Gasteiger partial charge in [-0.25, -0.2) is 8.42 Å². The summed E-state index contributed by atoms with van der Waals surface area (Å²) in [7, 11) is -1.78. The number of aliphatic hydroxyl groups is 1. The lowest BCUT2D eigenvalue weighted by Crippen LogP contribution is -2.41. The molecule has 0 amide bonds. The van der Waals surface area contributed by atoms with Crippen LogP contribution in [-0.2, 0) is 23.5 Å². The van der Waals surface area contributed by atoms with Crippen LogP contribution in [0.25, 0.3) is 0 Å². The average molecular weight is 321 g/mol. The number of hydrogen-bond donors (Lipinski definition) is 1. The van der Waals surface area contributed by atoms with E-state index in [2.05, 4.69) is 5.10 Å². The van der Waals surface area contributed by atoms with Crippen molar-refractivity contribution in [3.63, 3.8) is 0 Å². The third kappa shape index (κ3) is 2.79. The molecule has 2 atom stereocenters. The molecule has 22 heavy (non-hydrogen) atoms. The lowest BCUT2D eigenvalue weighted by atomic mass is 10.1. The molecule has 2 heterocycles. The van der Waals surface area contributed by atoms with Gasteiger partial charge in [0.25, 0.3) is 0 Å². The molecule has 1 saturated heterocycles. The summed E-state index contributed by atoms with van der Waals surface area (Å²) in [5.41, 5.74) is 0.918. The Bertz CT molecular complexity index is 742. The summed E-state index contributed by atoms with van der Waals surface area (Å²) in [6, 6.07) is 7.91. The number of nitrogens with zero attached hydrogens (tertiary/aromatic N) is 3. The molecule has 1 aromatic carbocycles. The van der Waals surface area contributed by atoms with Crippen LogP contribution < -0.4 is 0 Å². The predicted octanol–water partition coefficient (Wildman–Crippen LogP) is 0.787. The Labute approximate surface area is 130 Å². The van der Waals surface area contributed by atoms with Crippen molar-refractivity contribution in [1.29, 1.82) is 0 Å². The van der Waals surface area contributed by atoms with Crippen molar-refractivity contribution in [2.75, 3.05) is 6.54 Å². The van der Waals surface area contributed by atoms with Crippen LogP contribution in [0.5, 0.6) is 0 Å². The summed E-state index contributed by atoms with van der Waals surface area (Å²) in [5.74, 6) is 0. The molecule has 2 aromatic rings. The van der Waals surface area contributed by atoms with E-state index in [9.17, 15) is 13.5 Å². The summed E-state index contributed by atoms with van der Waals surface area (Å²) in [6.07, 6.45) is 3.81. The zero-order chi connectivity index (χ0) is 15.7. The largest absolute Gasteiger partial charge is 0.391 e. The van der Waals surface area contributed by atoms with Crippen LogP contribution in [0.3, 0.4) is 0 Å². The van der Waals surface area contributed by atoms with Crippen molar-refractivity contribution in [2.45, 2.75) is 29.9 Å². The van der Waals surface area contributed by atoms with Gasteiger partial charge in [0, 0.05) is 19.8 Å². The van der Waals surface area contributed by atoms with Crippen LogP contribution in [0.4, 0.5) is 0 Å². The van der Waals surface area contributed by atoms with E-state index in [4.69, 9.17) is 0 Å². The van der Waals surface area contributed by atoms with E-state index in [0.29, 0.717) is 19.4 Å². The van der Waals surface area contributed by atoms with Crippen molar-refractivity contribution in [3.8, 4) is 0 Å². The number of aromatic nitrogens is 2. The van der Waals surface area contributed by atoms with Crippen LogP contribution >= 0.6 is 0 Å². The standard InChI is InChI=1S/C15H19N3O3S/c1-17-11-12(10-16-17)9-14-15(19)7-8-18(14)22(20,21)13-5-3-2-4-6-13/h2-6,10-11,14-15,19H,7-9H2,1H3/t14-,15+/m1/s1. The van der Waals surface area contributed by atoms with E-state index in [1.165, 1.54) is 4.31 Å². The normalized spacial score (nSPS) is 23.0. The Morgan fingerprint density at radius 2 is 2.05 bits per heavy atom. The zero-order valence-corrected chi connectivity index (χ0v) is 13.1. The molecule has 0 saturated carbocycles. The van der Waals surface area contributed by atoms with E-state index in [1.54, 1.807) is 41.2 Å². The Balaban J connectivity index is 1.88. The third-order valence-electron chi connectivity index (χ3n) is 4.01. The maximum Gasteiger partial charge on any atom is 0.243 e. The molecule has 3 rings (SSSR count). The fourth-order valence-electron chi connectivity index (χ4n) is 2.89. The van der Waals surface area contributed by atoms with Gasteiger partial charge in [0.2, 0.25) is 10.0 Å². The second-order valence-corrected chi connectivity index (χ2v) is 7.47. The van der Waals surface area contributed by atoms with Gasteiger partial charge in [0.05, 0.1) is 23.2 Å². The zero-order valence-electron chi connectivity index (χ0n) is 12.3. The minimum atomic E-state index is -3.59. The van der Waals surface area contributed by atoms with Crippen LogP contribution in [0.1, 0.15) is 12.0 Å². The van der Waals surface area contributed by atoms with E-state index in [1.807, 2.05) is 13.2 Å². The smallest absolute Gasteiger partial charge is 0.243 e. The van der Waals surface area contributed by atoms with Crippen molar-refractivity contribution in [2.24, 2.45) is 7.05 Å². The fourth-order valence-corrected chi connectivity index (χ4v) is 4.58. The number of aliphatic hydroxyl groups excluding tert-OH is 1. The fraction of sp³-hybridized carbons (Fsp3) is 0.400. The van der Waals surface area contributed by atoms with Crippen molar-refractivity contribution in [3.05, 3.63) is 48.3 Å². The van der Waals surface area contributed by atoms with Crippen LogP contribution in [-0.4, -0.2) is 46.3 Å². The Kier molecular flexibility index (Phi) is 4.03. The minimum absolute atomic E-state index is 0.264. The third-order valence-corrected chi connectivity index (χ3v) is 5.95. The summed E-state index contributed by atoms with van der Waals surface area (Å²) in [4.78, 5) is 0.264. The molecular formula is C15H19N3O3S. The van der Waals surface area contributed by atoms with E-state index in [-0.39, 0.29) is 4.90 Å². The van der Waals surface area contributed by atoms with Crippen molar-refractivity contribution < 1.29 is 13.5 Å². The lowest BCUT2D eigenvalue weighted by molar-refractivity contribution is 0.142. The summed E-state index contributed by atoms with van der Waals surface area (Å²) in [5, 5.41) is 14.3. The molecule has 0 aliphatic carbocycles. The molecule has 1 aromatic heterocycles. The topological polar surface area (TPSA) is 75.4 Å². The van der Waals surface area contributed by atoms with Crippen LogP contribution in [0.2, 0.25) is 0 Å². The summed E-state index contributed by atoms with van der Waals surface area (Å²) in [6.45, 7) is 0.337. The van der Waals surface area contributed by atoms with Gasteiger partial charge in [0.1, 0.15) is 0 Å². The quantitative estimate of drug-likeness (QED) is 0.903. The van der Waals surface area contributed by atoms with Crippen molar-refractivity contribution in [1.82, 2.24) is 14.1 Å². The maximum absolute atomic E-state index is 12.8. The first-order valence-electron chi connectivity index (χ1n) is 7.21. The van der Waals surface area contributed by atoms with E-state index in [0.717, 1.165) is 5.56 Å². The number of aryl methyl sites for hydroxylation is 1. The van der Waals surface area contributed by atoms with E-state index >= 15 is 0 Å². The van der Waals surface area contributed by atoms with Crippen molar-refractivity contribution >= 4 is 10.0 Å². The van der Waals surface area contributed by atoms with Crippen LogP contribution in [0, 0.1) is 0 Å². The monoisotopic (exact) mass is 321 g/mol. The molecule has 0 bridgehead atoms. The molecule has 0 radical (unpaired) electrons. The summed E-state index contributed by atoms with van der Waals surface area (Å²) < 4.78 is 28.6. The highest BCUT2D eigenvalue weighted by molar-refractivity contribution is 7.89. The van der Waals surface area contributed by atoms with Gasteiger partial charge in [-0.05, 0) is 30.5 Å². The Hall–Kier alpha value is -1.70. The SMILES string of the molecule is Cn1cc(C[C@@H]2[C@@H](O)CCN2S(=O)(=O)c2ccccc2)cn1. The molecule has 1 fully saturated rings. The first-order chi connectivity index (χ1) is 10.5.